The van der Waals surface area contributed by atoms with Gasteiger partial charge in [0, 0.05) is 7.05 Å². The molecule has 0 saturated carbocycles. The Hall–Kier alpha value is -0.990. The fourth-order valence-electron chi connectivity index (χ4n) is 0.395. The number of aromatic amines is 1. The fraction of sp³-hybridized carbons (Fsp3) is 0.250. The van der Waals surface area contributed by atoms with Crippen LogP contribution in [0.2, 0.25) is 0 Å². The Balaban J connectivity index is 2.76. The maximum Gasteiger partial charge on any atom is 0.121 e. The van der Waals surface area contributed by atoms with Crippen LogP contribution in [0.1, 0.15) is 0 Å². The first-order chi connectivity index (χ1) is 3.43. The second-order valence-corrected chi connectivity index (χ2v) is 1.22. The van der Waals surface area contributed by atoms with E-state index in [9.17, 15) is 0 Å². The van der Waals surface area contributed by atoms with Gasteiger partial charge in [0.1, 0.15) is 5.82 Å². The molecule has 0 amide bonds. The van der Waals surface area contributed by atoms with Crippen molar-refractivity contribution < 1.29 is 0 Å². The molecule has 7 heavy (non-hydrogen) atoms. The van der Waals surface area contributed by atoms with Gasteiger partial charge in [-0.25, -0.2) is 0 Å². The summed E-state index contributed by atoms with van der Waals surface area (Å²) < 4.78 is 0. The van der Waals surface area contributed by atoms with Gasteiger partial charge in [0.25, 0.3) is 0 Å². The molecule has 2 N–H and O–H groups in total. The molecule has 1 rings (SSSR count). The number of hydrogen-bond donors (Lipinski definition) is 2. The van der Waals surface area contributed by atoms with Crippen LogP contribution >= 0.6 is 0 Å². The van der Waals surface area contributed by atoms with E-state index in [0.29, 0.717) is 0 Å². The third-order valence-electron chi connectivity index (χ3n) is 0.770. The second-order valence-electron chi connectivity index (χ2n) is 1.22. The molecule has 0 aromatic carbocycles. The molecule has 0 aliphatic rings. The molecule has 0 saturated heterocycles. The molecule has 1 aromatic rings. The van der Waals surface area contributed by atoms with E-state index in [1.165, 1.54) is 0 Å². The van der Waals surface area contributed by atoms with Gasteiger partial charge in [-0.2, -0.15) is 5.10 Å². The quantitative estimate of drug-likeness (QED) is 0.534. The largest absolute Gasteiger partial charge is 0.374 e. The van der Waals surface area contributed by atoms with E-state index in [-0.39, 0.29) is 0 Å². The first kappa shape index (κ1) is 4.18. The van der Waals surface area contributed by atoms with E-state index < -0.39 is 0 Å². The summed E-state index contributed by atoms with van der Waals surface area (Å²) >= 11 is 0. The molecule has 3 nitrogen and oxygen atoms in total. The van der Waals surface area contributed by atoms with Gasteiger partial charge in [0.05, 0.1) is 6.20 Å². The van der Waals surface area contributed by atoms with E-state index in [1.54, 1.807) is 6.20 Å². The molecule has 0 radical (unpaired) electrons. The molecule has 0 spiro atoms. The summed E-state index contributed by atoms with van der Waals surface area (Å²) in [5, 5.41) is 9.32. The third kappa shape index (κ3) is 0.707. The lowest BCUT2D eigenvalue weighted by molar-refractivity contribution is 1.09. The maximum atomic E-state index is 3.71. The van der Waals surface area contributed by atoms with Crippen LogP contribution in [0, 0.1) is 0 Å². The normalized spacial score (nSPS) is 8.71. The van der Waals surface area contributed by atoms with Crippen molar-refractivity contribution in [1.82, 2.24) is 10.2 Å². The number of anilines is 1. The van der Waals surface area contributed by atoms with Gasteiger partial charge in [-0.15, -0.1) is 0 Å². The zero-order chi connectivity index (χ0) is 5.11. The smallest absolute Gasteiger partial charge is 0.121 e. The molecule has 1 heterocycles. The van der Waals surface area contributed by atoms with Gasteiger partial charge in [0.15, 0.2) is 0 Å². The summed E-state index contributed by atoms with van der Waals surface area (Å²) in [6.07, 6.45) is 1.70. The average Bonchev–Trinajstić information content (AvgIpc) is 2.14. The van der Waals surface area contributed by atoms with E-state index in [1.807, 2.05) is 13.1 Å². The van der Waals surface area contributed by atoms with Gasteiger partial charge in [-0.1, -0.05) is 0 Å². The van der Waals surface area contributed by atoms with E-state index >= 15 is 0 Å². The first-order valence-corrected chi connectivity index (χ1v) is 2.10. The monoisotopic (exact) mass is 97.1 g/mol. The minimum Gasteiger partial charge on any atom is -0.374 e. The van der Waals surface area contributed by atoms with E-state index in [2.05, 4.69) is 15.5 Å². The summed E-state index contributed by atoms with van der Waals surface area (Å²) in [5.74, 6) is 0.944. The van der Waals surface area contributed by atoms with Crippen LogP contribution < -0.4 is 5.32 Å². The summed E-state index contributed by atoms with van der Waals surface area (Å²) in [7, 11) is 1.84. The molecular weight excluding hydrogens is 90.1 g/mol. The van der Waals surface area contributed by atoms with Crippen LogP contribution in [0.25, 0.3) is 0 Å². The highest BCUT2D eigenvalue weighted by Crippen LogP contribution is 1.93. The summed E-state index contributed by atoms with van der Waals surface area (Å²) in [6.45, 7) is 0. The Morgan fingerprint density at radius 2 is 2.71 bits per heavy atom. The van der Waals surface area contributed by atoms with Gasteiger partial charge in [-0.3, -0.25) is 5.10 Å². The Labute approximate surface area is 41.7 Å². The molecule has 0 aliphatic heterocycles. The van der Waals surface area contributed by atoms with Crippen molar-refractivity contribution in [2.75, 3.05) is 12.4 Å². The summed E-state index contributed by atoms with van der Waals surface area (Å²) in [5.41, 5.74) is 0. The molecule has 0 atom stereocenters. The first-order valence-electron chi connectivity index (χ1n) is 2.10. The number of aromatic nitrogens is 2. The molecular formula is C4H7N3. The fourth-order valence-corrected chi connectivity index (χ4v) is 0.395. The standard InChI is InChI=1S/C4H7N3/c1-5-4-2-3-6-7-4/h2-3H,1H3,(H2,5,6,7). The van der Waals surface area contributed by atoms with Crippen molar-refractivity contribution in [2.45, 2.75) is 0 Å². The molecule has 38 valence electrons. The van der Waals surface area contributed by atoms with Crippen molar-refractivity contribution in [1.29, 1.82) is 0 Å². The molecule has 3 heteroatoms. The van der Waals surface area contributed by atoms with E-state index in [0.717, 1.165) is 5.82 Å². The molecule has 0 fully saturated rings. The van der Waals surface area contributed by atoms with Crippen LogP contribution in [-0.4, -0.2) is 17.2 Å². The highest BCUT2D eigenvalue weighted by Gasteiger charge is 1.80. The predicted molar refractivity (Wildman–Crippen MR) is 28.1 cm³/mol. The number of H-pyrrole nitrogens is 1. The Morgan fingerprint density at radius 1 is 1.86 bits per heavy atom. The maximum absolute atomic E-state index is 3.71. The number of rotatable bonds is 1. The highest BCUT2D eigenvalue weighted by molar-refractivity contribution is 5.29. The van der Waals surface area contributed by atoms with Crippen molar-refractivity contribution >= 4 is 5.82 Å². The van der Waals surface area contributed by atoms with Crippen LogP contribution in [-0.2, 0) is 0 Å². The number of nitrogens with one attached hydrogen (secondary N) is 2. The highest BCUT2D eigenvalue weighted by atomic mass is 15.2. The van der Waals surface area contributed by atoms with E-state index in [4.69, 9.17) is 0 Å². The summed E-state index contributed by atoms with van der Waals surface area (Å²) in [6, 6.07) is 1.86. The Bertz CT molecular complexity index is 121. The van der Waals surface area contributed by atoms with Gasteiger partial charge in [-0.05, 0) is 6.07 Å². The molecule has 0 aliphatic carbocycles. The average molecular weight is 97.1 g/mol. The van der Waals surface area contributed by atoms with Crippen LogP contribution in [0.15, 0.2) is 12.3 Å². The molecule has 1 aromatic heterocycles. The van der Waals surface area contributed by atoms with Crippen molar-refractivity contribution in [2.24, 2.45) is 0 Å². The van der Waals surface area contributed by atoms with Crippen LogP contribution in [0.4, 0.5) is 5.82 Å². The molecule has 0 unspecified atom stereocenters. The number of nitrogens with zero attached hydrogens (tertiary/aromatic N) is 1. The Morgan fingerprint density at radius 3 is 3.00 bits per heavy atom. The van der Waals surface area contributed by atoms with Gasteiger partial charge in [0.2, 0.25) is 0 Å². The van der Waals surface area contributed by atoms with Crippen LogP contribution in [0.5, 0.6) is 0 Å². The lowest BCUT2D eigenvalue weighted by Crippen LogP contribution is -1.85. The topological polar surface area (TPSA) is 40.7 Å². The predicted octanol–water partition coefficient (Wildman–Crippen LogP) is 0.451. The van der Waals surface area contributed by atoms with Crippen molar-refractivity contribution in [3.05, 3.63) is 12.3 Å². The Kier molecular flexibility index (Phi) is 0.978. The van der Waals surface area contributed by atoms with Crippen LogP contribution in [0.3, 0.4) is 0 Å². The molecule has 0 bridgehead atoms. The number of hydrogen-bond acceptors (Lipinski definition) is 2. The van der Waals surface area contributed by atoms with Crippen molar-refractivity contribution in [3.8, 4) is 0 Å². The minimum atomic E-state index is 0.944. The third-order valence-corrected chi connectivity index (χ3v) is 0.770. The second kappa shape index (κ2) is 1.64. The van der Waals surface area contributed by atoms with Gasteiger partial charge < -0.3 is 5.32 Å². The summed E-state index contributed by atoms with van der Waals surface area (Å²) in [4.78, 5) is 0. The zero-order valence-electron chi connectivity index (χ0n) is 4.10. The lowest BCUT2D eigenvalue weighted by atomic mass is 10.6. The van der Waals surface area contributed by atoms with Crippen molar-refractivity contribution in [3.63, 3.8) is 0 Å². The zero-order valence-corrected chi connectivity index (χ0v) is 4.10. The van der Waals surface area contributed by atoms with Gasteiger partial charge >= 0.3 is 0 Å². The minimum absolute atomic E-state index is 0.944. The lowest BCUT2D eigenvalue weighted by Gasteiger charge is -1.86. The SMILES string of the molecule is CNc1ccn[nH]1.